The number of rotatable bonds is 3. The van der Waals surface area contributed by atoms with Crippen molar-refractivity contribution in [3.63, 3.8) is 0 Å². The normalized spacial score (nSPS) is 17.6. The Labute approximate surface area is 122 Å². The molecular weight excluding hydrogens is 270 g/mol. The van der Waals surface area contributed by atoms with Gasteiger partial charge in [0.1, 0.15) is 0 Å². The summed E-state index contributed by atoms with van der Waals surface area (Å²) in [4.78, 5) is 15.7. The number of benzene rings is 1. The zero-order valence-electron chi connectivity index (χ0n) is 11.3. The minimum Gasteiger partial charge on any atom is -0.330 e. The fourth-order valence-corrected chi connectivity index (χ4v) is 3.73. The van der Waals surface area contributed by atoms with Crippen LogP contribution in [0.3, 0.4) is 0 Å². The standard InChI is InChI=1S/C15H19N3OS/c16-10-11-5-8-18(9-6-11)20-14-3-1-2-13-12(14)4-7-17-15(13)19/h1-4,7,11H,5-6,8-10,16H2,(H,17,19). The topological polar surface area (TPSA) is 62.1 Å². The Hall–Kier alpha value is -1.30. The maximum Gasteiger partial charge on any atom is 0.255 e. The van der Waals surface area contributed by atoms with Gasteiger partial charge in [-0.1, -0.05) is 6.07 Å². The molecule has 3 rings (SSSR count). The summed E-state index contributed by atoms with van der Waals surface area (Å²) in [5, 5.41) is 1.79. The second-order valence-corrected chi connectivity index (χ2v) is 6.36. The van der Waals surface area contributed by atoms with Gasteiger partial charge in [0.25, 0.3) is 5.56 Å². The predicted octanol–water partition coefficient (Wildman–Crippen LogP) is 2.21. The average molecular weight is 289 g/mol. The largest absolute Gasteiger partial charge is 0.330 e. The van der Waals surface area contributed by atoms with Crippen LogP contribution in [0.2, 0.25) is 0 Å². The first-order valence-corrected chi connectivity index (χ1v) is 7.78. The third kappa shape index (κ3) is 2.75. The summed E-state index contributed by atoms with van der Waals surface area (Å²) in [5.74, 6) is 0.669. The van der Waals surface area contributed by atoms with Crippen LogP contribution < -0.4 is 11.3 Å². The Balaban J connectivity index is 1.82. The van der Waals surface area contributed by atoms with Crippen molar-refractivity contribution in [3.05, 3.63) is 40.8 Å². The highest BCUT2D eigenvalue weighted by atomic mass is 32.2. The van der Waals surface area contributed by atoms with Gasteiger partial charge in [-0.2, -0.15) is 0 Å². The molecule has 0 bridgehead atoms. The van der Waals surface area contributed by atoms with Crippen molar-refractivity contribution in [1.82, 2.24) is 9.29 Å². The molecule has 0 amide bonds. The Morgan fingerprint density at radius 1 is 1.25 bits per heavy atom. The molecule has 0 saturated carbocycles. The number of hydrogen-bond acceptors (Lipinski definition) is 4. The van der Waals surface area contributed by atoms with E-state index in [1.54, 1.807) is 18.1 Å². The van der Waals surface area contributed by atoms with E-state index in [0.717, 1.165) is 48.1 Å². The van der Waals surface area contributed by atoms with E-state index in [1.165, 1.54) is 0 Å². The highest BCUT2D eigenvalue weighted by Gasteiger charge is 2.19. The monoisotopic (exact) mass is 289 g/mol. The van der Waals surface area contributed by atoms with Crippen molar-refractivity contribution in [2.75, 3.05) is 19.6 Å². The lowest BCUT2D eigenvalue weighted by Gasteiger charge is -2.30. The van der Waals surface area contributed by atoms with Crippen LogP contribution in [0.1, 0.15) is 12.8 Å². The molecular formula is C15H19N3OS. The van der Waals surface area contributed by atoms with Gasteiger partial charge in [-0.3, -0.25) is 4.79 Å². The number of aromatic amines is 1. The minimum absolute atomic E-state index is 0.0215. The van der Waals surface area contributed by atoms with Gasteiger partial charge in [-0.25, -0.2) is 4.31 Å². The molecule has 4 nitrogen and oxygen atoms in total. The van der Waals surface area contributed by atoms with Gasteiger partial charge in [-0.05, 0) is 55.5 Å². The highest BCUT2D eigenvalue weighted by molar-refractivity contribution is 7.97. The molecule has 3 N–H and O–H groups in total. The summed E-state index contributed by atoms with van der Waals surface area (Å²) >= 11 is 1.75. The van der Waals surface area contributed by atoms with E-state index in [1.807, 2.05) is 18.2 Å². The summed E-state index contributed by atoms with van der Waals surface area (Å²) in [7, 11) is 0. The Bertz CT molecular complexity index is 647. The highest BCUT2D eigenvalue weighted by Crippen LogP contribution is 2.31. The number of piperidine rings is 1. The summed E-state index contributed by atoms with van der Waals surface area (Å²) < 4.78 is 2.38. The number of pyridine rings is 1. The van der Waals surface area contributed by atoms with Crippen LogP contribution in [0.4, 0.5) is 0 Å². The van der Waals surface area contributed by atoms with Crippen LogP contribution in [0.25, 0.3) is 10.8 Å². The smallest absolute Gasteiger partial charge is 0.255 e. The van der Waals surface area contributed by atoms with Gasteiger partial charge < -0.3 is 10.7 Å². The molecule has 1 saturated heterocycles. The number of hydrogen-bond donors (Lipinski definition) is 2. The lowest BCUT2D eigenvalue weighted by atomic mass is 9.99. The molecule has 1 aliphatic heterocycles. The van der Waals surface area contributed by atoms with Crippen molar-refractivity contribution >= 4 is 22.7 Å². The van der Waals surface area contributed by atoms with Crippen molar-refractivity contribution in [3.8, 4) is 0 Å². The molecule has 0 atom stereocenters. The second kappa shape index (κ2) is 5.99. The maximum atomic E-state index is 11.8. The van der Waals surface area contributed by atoms with Gasteiger partial charge in [0.2, 0.25) is 0 Å². The third-order valence-electron chi connectivity index (χ3n) is 3.91. The molecule has 2 heterocycles. The third-order valence-corrected chi connectivity index (χ3v) is 5.09. The van der Waals surface area contributed by atoms with Crippen molar-refractivity contribution in [2.24, 2.45) is 11.7 Å². The Kier molecular flexibility index (Phi) is 4.10. The molecule has 0 aliphatic carbocycles. The summed E-state index contributed by atoms with van der Waals surface area (Å²) in [5.41, 5.74) is 5.71. The van der Waals surface area contributed by atoms with Crippen molar-refractivity contribution < 1.29 is 0 Å². The fraction of sp³-hybridized carbons (Fsp3) is 0.400. The summed E-state index contributed by atoms with van der Waals surface area (Å²) in [6.07, 6.45) is 4.04. The van der Waals surface area contributed by atoms with E-state index >= 15 is 0 Å². The number of nitrogens with zero attached hydrogens (tertiary/aromatic N) is 1. The van der Waals surface area contributed by atoms with Gasteiger partial charge in [-0.15, -0.1) is 0 Å². The van der Waals surface area contributed by atoms with E-state index in [2.05, 4.69) is 15.4 Å². The van der Waals surface area contributed by atoms with Crippen molar-refractivity contribution in [2.45, 2.75) is 17.7 Å². The first-order chi connectivity index (χ1) is 9.78. The SMILES string of the molecule is NCC1CCN(Sc2cccc3c(=O)[nH]ccc23)CC1. The van der Waals surface area contributed by atoms with E-state index in [4.69, 9.17) is 5.73 Å². The number of fused-ring (bicyclic) bond motifs is 1. The quantitative estimate of drug-likeness (QED) is 0.850. The minimum atomic E-state index is -0.0215. The molecule has 1 fully saturated rings. The molecule has 106 valence electrons. The van der Waals surface area contributed by atoms with Gasteiger partial charge in [0.05, 0.1) is 0 Å². The van der Waals surface area contributed by atoms with Crippen LogP contribution in [-0.4, -0.2) is 28.9 Å². The molecule has 0 radical (unpaired) electrons. The Morgan fingerprint density at radius 2 is 2.05 bits per heavy atom. The first-order valence-electron chi connectivity index (χ1n) is 7.01. The predicted molar refractivity (Wildman–Crippen MR) is 83.8 cm³/mol. The average Bonchev–Trinajstić information content (AvgIpc) is 2.49. The van der Waals surface area contributed by atoms with Crippen LogP contribution in [0.15, 0.2) is 40.2 Å². The maximum absolute atomic E-state index is 11.8. The Morgan fingerprint density at radius 3 is 2.80 bits per heavy atom. The summed E-state index contributed by atoms with van der Waals surface area (Å²) in [6, 6.07) is 7.89. The molecule has 1 aromatic heterocycles. The number of nitrogens with one attached hydrogen (secondary N) is 1. The number of nitrogens with two attached hydrogens (primary N) is 1. The van der Waals surface area contributed by atoms with Gasteiger partial charge >= 0.3 is 0 Å². The fourth-order valence-electron chi connectivity index (χ4n) is 2.65. The molecule has 1 aliphatic rings. The molecule has 5 heteroatoms. The molecule has 1 aromatic carbocycles. The zero-order chi connectivity index (χ0) is 13.9. The van der Waals surface area contributed by atoms with E-state index < -0.39 is 0 Å². The van der Waals surface area contributed by atoms with E-state index in [-0.39, 0.29) is 5.56 Å². The van der Waals surface area contributed by atoms with Gasteiger partial charge in [0, 0.05) is 35.0 Å². The number of aromatic nitrogens is 1. The van der Waals surface area contributed by atoms with Crippen LogP contribution in [0.5, 0.6) is 0 Å². The summed E-state index contributed by atoms with van der Waals surface area (Å²) in [6.45, 7) is 2.92. The van der Waals surface area contributed by atoms with Crippen LogP contribution in [0, 0.1) is 5.92 Å². The molecule has 0 spiro atoms. The van der Waals surface area contributed by atoms with E-state index in [0.29, 0.717) is 5.92 Å². The van der Waals surface area contributed by atoms with Crippen molar-refractivity contribution in [1.29, 1.82) is 0 Å². The molecule has 20 heavy (non-hydrogen) atoms. The molecule has 0 unspecified atom stereocenters. The van der Waals surface area contributed by atoms with Gasteiger partial charge in [0.15, 0.2) is 0 Å². The zero-order valence-corrected chi connectivity index (χ0v) is 12.2. The van der Waals surface area contributed by atoms with Crippen LogP contribution >= 0.6 is 11.9 Å². The van der Waals surface area contributed by atoms with E-state index in [9.17, 15) is 4.79 Å². The molecule has 2 aromatic rings. The van der Waals surface area contributed by atoms with Crippen LogP contribution in [-0.2, 0) is 0 Å². The second-order valence-electron chi connectivity index (χ2n) is 5.22. The number of H-pyrrole nitrogens is 1. The lowest BCUT2D eigenvalue weighted by molar-refractivity contribution is 0.297. The first kappa shape index (κ1) is 13.7. The lowest BCUT2D eigenvalue weighted by Crippen LogP contribution is -2.31.